The molecule has 1 atom stereocenters. The molecular formula is C16H12Cl2N2O3. The number of carbonyl (C=O) groups is 1. The van der Waals surface area contributed by atoms with Crippen LogP contribution in [0.3, 0.4) is 0 Å². The highest BCUT2D eigenvalue weighted by Gasteiger charge is 2.53. The summed E-state index contributed by atoms with van der Waals surface area (Å²) >= 11 is 12.2. The smallest absolute Gasteiger partial charge is 0.269 e. The molecule has 1 N–H and O–H groups in total. The van der Waals surface area contributed by atoms with Gasteiger partial charge in [-0.05, 0) is 30.2 Å². The van der Waals surface area contributed by atoms with Crippen LogP contribution in [0.2, 0.25) is 0 Å². The number of carbonyl (C=O) groups excluding carboxylic acids is 1. The van der Waals surface area contributed by atoms with E-state index in [0.29, 0.717) is 17.7 Å². The number of non-ortho nitro benzene ring substituents is 1. The maximum Gasteiger partial charge on any atom is 0.269 e. The van der Waals surface area contributed by atoms with Crippen molar-refractivity contribution in [2.24, 2.45) is 0 Å². The SMILES string of the molecule is O=C(Nc1ccccc1[C@@H]1CC1(Cl)Cl)c1ccc([N+](=O)[O-])cc1. The van der Waals surface area contributed by atoms with Gasteiger partial charge in [0.05, 0.1) is 4.92 Å². The predicted molar refractivity (Wildman–Crippen MR) is 89.3 cm³/mol. The highest BCUT2D eigenvalue weighted by Crippen LogP contribution is 2.60. The monoisotopic (exact) mass is 350 g/mol. The molecule has 0 saturated heterocycles. The molecule has 1 aliphatic rings. The van der Waals surface area contributed by atoms with Crippen LogP contribution in [0.15, 0.2) is 48.5 Å². The average Bonchev–Trinajstić information content (AvgIpc) is 3.16. The van der Waals surface area contributed by atoms with E-state index in [-0.39, 0.29) is 17.5 Å². The lowest BCUT2D eigenvalue weighted by molar-refractivity contribution is -0.384. The van der Waals surface area contributed by atoms with Crippen LogP contribution in [0.25, 0.3) is 0 Å². The molecule has 2 aromatic rings. The minimum atomic E-state index is -0.784. The van der Waals surface area contributed by atoms with Crippen LogP contribution in [0.4, 0.5) is 11.4 Å². The van der Waals surface area contributed by atoms with Gasteiger partial charge in [-0.15, -0.1) is 23.2 Å². The van der Waals surface area contributed by atoms with Gasteiger partial charge in [-0.2, -0.15) is 0 Å². The van der Waals surface area contributed by atoms with Gasteiger partial charge in [0.2, 0.25) is 0 Å². The number of anilines is 1. The Hall–Kier alpha value is -2.11. The zero-order chi connectivity index (χ0) is 16.6. The first-order chi connectivity index (χ1) is 10.9. The summed E-state index contributed by atoms with van der Waals surface area (Å²) in [5.41, 5.74) is 1.80. The normalized spacial score (nSPS) is 18.3. The van der Waals surface area contributed by atoms with E-state index in [9.17, 15) is 14.9 Å². The van der Waals surface area contributed by atoms with E-state index in [1.807, 2.05) is 18.2 Å². The van der Waals surface area contributed by atoms with Crippen LogP contribution in [0, 0.1) is 10.1 Å². The van der Waals surface area contributed by atoms with E-state index in [2.05, 4.69) is 5.32 Å². The Balaban J connectivity index is 1.80. The second-order valence-corrected chi connectivity index (χ2v) is 6.91. The van der Waals surface area contributed by atoms with Crippen molar-refractivity contribution in [3.8, 4) is 0 Å². The van der Waals surface area contributed by atoms with E-state index in [4.69, 9.17) is 23.2 Å². The lowest BCUT2D eigenvalue weighted by Crippen LogP contribution is -2.13. The average molecular weight is 351 g/mol. The Morgan fingerprint density at radius 3 is 2.35 bits per heavy atom. The number of amides is 1. The number of nitro benzene ring substituents is 1. The Kier molecular flexibility index (Phi) is 4.00. The van der Waals surface area contributed by atoms with Crippen LogP contribution in [-0.2, 0) is 0 Å². The predicted octanol–water partition coefficient (Wildman–Crippen LogP) is 4.51. The lowest BCUT2D eigenvalue weighted by atomic mass is 10.1. The number of hydrogen-bond donors (Lipinski definition) is 1. The summed E-state index contributed by atoms with van der Waals surface area (Å²) in [5, 5.41) is 13.4. The Morgan fingerprint density at radius 2 is 1.78 bits per heavy atom. The van der Waals surface area contributed by atoms with Crippen LogP contribution in [0.5, 0.6) is 0 Å². The van der Waals surface area contributed by atoms with Gasteiger partial charge >= 0.3 is 0 Å². The van der Waals surface area contributed by atoms with Crippen molar-refractivity contribution in [1.82, 2.24) is 0 Å². The lowest BCUT2D eigenvalue weighted by Gasteiger charge is -2.11. The number of alkyl halides is 2. The molecule has 0 aromatic heterocycles. The highest BCUT2D eigenvalue weighted by molar-refractivity contribution is 6.51. The van der Waals surface area contributed by atoms with Gasteiger partial charge in [0, 0.05) is 29.3 Å². The van der Waals surface area contributed by atoms with Crippen LogP contribution < -0.4 is 5.32 Å². The molecule has 118 valence electrons. The fraction of sp³-hybridized carbons (Fsp3) is 0.188. The minimum absolute atomic E-state index is 0.0146. The number of hydrogen-bond acceptors (Lipinski definition) is 3. The van der Waals surface area contributed by atoms with Crippen LogP contribution in [-0.4, -0.2) is 15.2 Å². The van der Waals surface area contributed by atoms with Crippen molar-refractivity contribution in [2.75, 3.05) is 5.32 Å². The molecule has 23 heavy (non-hydrogen) atoms. The van der Waals surface area contributed by atoms with Gasteiger partial charge in [-0.3, -0.25) is 14.9 Å². The zero-order valence-electron chi connectivity index (χ0n) is 11.8. The van der Waals surface area contributed by atoms with E-state index < -0.39 is 9.26 Å². The summed E-state index contributed by atoms with van der Waals surface area (Å²) in [6.45, 7) is 0. The van der Waals surface area contributed by atoms with Gasteiger partial charge in [-0.1, -0.05) is 18.2 Å². The molecule has 0 heterocycles. The highest BCUT2D eigenvalue weighted by atomic mass is 35.5. The summed E-state index contributed by atoms with van der Waals surface area (Å²) in [6, 6.07) is 12.7. The van der Waals surface area contributed by atoms with E-state index >= 15 is 0 Å². The molecule has 1 saturated carbocycles. The first-order valence-corrected chi connectivity index (χ1v) is 7.66. The number of halogens is 2. The third-order valence-corrected chi connectivity index (χ3v) is 4.59. The zero-order valence-corrected chi connectivity index (χ0v) is 13.3. The topological polar surface area (TPSA) is 72.2 Å². The van der Waals surface area contributed by atoms with Crippen LogP contribution in [0.1, 0.15) is 28.3 Å². The van der Waals surface area contributed by atoms with Gasteiger partial charge in [-0.25, -0.2) is 0 Å². The summed E-state index contributed by atoms with van der Waals surface area (Å²) in [7, 11) is 0. The molecule has 0 aliphatic heterocycles. The molecule has 0 radical (unpaired) electrons. The fourth-order valence-electron chi connectivity index (χ4n) is 2.39. The molecule has 1 fully saturated rings. The second-order valence-electron chi connectivity index (χ2n) is 5.36. The van der Waals surface area contributed by atoms with Crippen molar-refractivity contribution in [3.05, 3.63) is 69.8 Å². The van der Waals surface area contributed by atoms with Crippen LogP contribution >= 0.6 is 23.2 Å². The number of para-hydroxylation sites is 1. The Labute approximate surface area is 142 Å². The summed E-state index contributed by atoms with van der Waals surface area (Å²) in [5.74, 6) is -0.359. The van der Waals surface area contributed by atoms with Crippen molar-refractivity contribution < 1.29 is 9.72 Å². The summed E-state index contributed by atoms with van der Waals surface area (Å²) in [4.78, 5) is 22.4. The maximum absolute atomic E-state index is 12.3. The molecule has 3 rings (SSSR count). The molecule has 1 aliphatic carbocycles. The first kappa shape index (κ1) is 15.8. The number of nitro groups is 1. The second kappa shape index (κ2) is 5.83. The quantitative estimate of drug-likeness (QED) is 0.500. The Bertz CT molecular complexity index is 775. The Morgan fingerprint density at radius 1 is 1.17 bits per heavy atom. The van der Waals surface area contributed by atoms with Gasteiger partial charge in [0.25, 0.3) is 11.6 Å². The standard InChI is InChI=1S/C16H12Cl2N2O3/c17-16(18)9-13(16)12-3-1-2-4-14(12)19-15(21)10-5-7-11(8-6-10)20(22)23/h1-8,13H,9H2,(H,19,21)/t13-/m0/s1. The molecule has 0 unspecified atom stereocenters. The van der Waals surface area contributed by atoms with E-state index in [1.165, 1.54) is 24.3 Å². The fourth-order valence-corrected chi connectivity index (χ4v) is 2.94. The van der Waals surface area contributed by atoms with Gasteiger partial charge < -0.3 is 5.32 Å². The third kappa shape index (κ3) is 3.30. The minimum Gasteiger partial charge on any atom is -0.322 e. The number of benzene rings is 2. The van der Waals surface area contributed by atoms with E-state index in [1.54, 1.807) is 6.07 Å². The molecule has 0 bridgehead atoms. The first-order valence-electron chi connectivity index (χ1n) is 6.91. The summed E-state index contributed by atoms with van der Waals surface area (Å²) in [6.07, 6.45) is 0.639. The number of rotatable bonds is 4. The van der Waals surface area contributed by atoms with Crippen molar-refractivity contribution in [1.29, 1.82) is 0 Å². The summed E-state index contributed by atoms with van der Waals surface area (Å²) < 4.78 is -0.784. The maximum atomic E-state index is 12.3. The number of nitrogens with one attached hydrogen (secondary N) is 1. The third-order valence-electron chi connectivity index (χ3n) is 3.75. The van der Waals surface area contributed by atoms with Crippen molar-refractivity contribution >= 4 is 40.5 Å². The largest absolute Gasteiger partial charge is 0.322 e. The molecular weight excluding hydrogens is 339 g/mol. The molecule has 7 heteroatoms. The van der Waals surface area contributed by atoms with E-state index in [0.717, 1.165) is 5.56 Å². The molecule has 1 amide bonds. The number of nitrogens with zero attached hydrogens (tertiary/aromatic N) is 1. The van der Waals surface area contributed by atoms with Gasteiger partial charge in [0.15, 0.2) is 0 Å². The molecule has 0 spiro atoms. The molecule has 2 aromatic carbocycles. The molecule has 5 nitrogen and oxygen atoms in total. The van der Waals surface area contributed by atoms with Crippen molar-refractivity contribution in [2.45, 2.75) is 16.7 Å². The van der Waals surface area contributed by atoms with Gasteiger partial charge in [0.1, 0.15) is 4.33 Å². The van der Waals surface area contributed by atoms with Crippen molar-refractivity contribution in [3.63, 3.8) is 0 Å².